The second kappa shape index (κ2) is 8.68. The number of sulfonamides is 1. The predicted molar refractivity (Wildman–Crippen MR) is 118 cm³/mol. The summed E-state index contributed by atoms with van der Waals surface area (Å²) >= 11 is 6.09. The fraction of sp³-hybridized carbons (Fsp3) is 0.150. The standard InChI is InChI=1S/C20H19ClN4O4S/c1-25(2)12-22-30(28,29)18-11-14(10-17-15(18)7-8-19(26)24-17)23-20(27)9-13-5-3-4-6-16(13)21/h3-8,10-12H,9H2,1-2H3,(H,23,27)(H,24,26)/b22-12+. The van der Waals surface area contributed by atoms with E-state index in [0.717, 1.165) is 6.34 Å². The average Bonchev–Trinajstić information content (AvgIpc) is 2.67. The third kappa shape index (κ3) is 5.05. The first-order valence-electron chi connectivity index (χ1n) is 8.83. The fourth-order valence-electron chi connectivity index (χ4n) is 2.75. The van der Waals surface area contributed by atoms with Crippen molar-refractivity contribution >= 4 is 50.5 Å². The molecule has 2 aromatic carbocycles. The van der Waals surface area contributed by atoms with E-state index in [9.17, 15) is 18.0 Å². The van der Waals surface area contributed by atoms with Crippen LogP contribution in [0.2, 0.25) is 5.02 Å². The van der Waals surface area contributed by atoms with Gasteiger partial charge in [0.05, 0.1) is 11.9 Å². The monoisotopic (exact) mass is 446 g/mol. The molecule has 0 aliphatic carbocycles. The number of pyridine rings is 1. The van der Waals surface area contributed by atoms with Gasteiger partial charge in [0.2, 0.25) is 11.5 Å². The first-order valence-corrected chi connectivity index (χ1v) is 10.6. The molecule has 0 saturated carbocycles. The van der Waals surface area contributed by atoms with E-state index in [2.05, 4.69) is 14.7 Å². The second-order valence-electron chi connectivity index (χ2n) is 6.73. The lowest BCUT2D eigenvalue weighted by molar-refractivity contribution is -0.115. The van der Waals surface area contributed by atoms with Gasteiger partial charge in [-0.2, -0.15) is 8.42 Å². The quantitative estimate of drug-likeness (QED) is 0.446. The molecule has 0 aliphatic rings. The van der Waals surface area contributed by atoms with Crippen LogP contribution in [-0.4, -0.2) is 44.6 Å². The number of amides is 1. The molecule has 3 rings (SSSR count). The molecule has 10 heteroatoms. The van der Waals surface area contributed by atoms with Crippen molar-refractivity contribution < 1.29 is 13.2 Å². The van der Waals surface area contributed by atoms with E-state index >= 15 is 0 Å². The SMILES string of the molecule is CN(C)/C=N/S(=O)(=O)c1cc(NC(=O)Cc2ccccc2Cl)cc2[nH]c(=O)ccc12. The van der Waals surface area contributed by atoms with E-state index < -0.39 is 15.6 Å². The van der Waals surface area contributed by atoms with Crippen molar-refractivity contribution in [2.75, 3.05) is 19.4 Å². The number of hydrogen-bond acceptors (Lipinski definition) is 4. The molecule has 0 radical (unpaired) electrons. The van der Waals surface area contributed by atoms with Gasteiger partial charge in [-0.05, 0) is 29.8 Å². The van der Waals surface area contributed by atoms with E-state index in [-0.39, 0.29) is 33.8 Å². The molecular formula is C20H19ClN4O4S. The smallest absolute Gasteiger partial charge is 0.284 e. The number of benzene rings is 2. The highest BCUT2D eigenvalue weighted by molar-refractivity contribution is 7.90. The molecule has 0 fully saturated rings. The van der Waals surface area contributed by atoms with Crippen LogP contribution in [0.4, 0.5) is 5.69 Å². The number of aromatic nitrogens is 1. The van der Waals surface area contributed by atoms with Crippen molar-refractivity contribution in [3.8, 4) is 0 Å². The Morgan fingerprint density at radius 2 is 1.93 bits per heavy atom. The molecule has 0 bridgehead atoms. The Morgan fingerprint density at radius 1 is 1.20 bits per heavy atom. The van der Waals surface area contributed by atoms with Gasteiger partial charge in [0, 0.05) is 36.3 Å². The van der Waals surface area contributed by atoms with Crippen molar-refractivity contribution in [1.29, 1.82) is 0 Å². The minimum absolute atomic E-state index is 0.00385. The second-order valence-corrected chi connectivity index (χ2v) is 8.74. The summed E-state index contributed by atoms with van der Waals surface area (Å²) in [6, 6.07) is 12.4. The maximum atomic E-state index is 12.8. The molecule has 0 atom stereocenters. The third-order valence-electron chi connectivity index (χ3n) is 4.09. The van der Waals surface area contributed by atoms with Gasteiger partial charge in [-0.25, -0.2) is 0 Å². The first kappa shape index (κ1) is 21.5. The van der Waals surface area contributed by atoms with Crippen LogP contribution in [0.5, 0.6) is 0 Å². The molecular weight excluding hydrogens is 428 g/mol. The summed E-state index contributed by atoms with van der Waals surface area (Å²) in [6.07, 6.45) is 1.17. The Balaban J connectivity index is 2.02. The average molecular weight is 447 g/mol. The van der Waals surface area contributed by atoms with Crippen LogP contribution in [0.25, 0.3) is 10.9 Å². The zero-order chi connectivity index (χ0) is 21.9. The molecule has 30 heavy (non-hydrogen) atoms. The van der Waals surface area contributed by atoms with Crippen molar-refractivity contribution in [1.82, 2.24) is 9.88 Å². The van der Waals surface area contributed by atoms with Crippen LogP contribution in [0.1, 0.15) is 5.56 Å². The molecule has 156 valence electrons. The van der Waals surface area contributed by atoms with Gasteiger partial charge < -0.3 is 15.2 Å². The fourth-order valence-corrected chi connectivity index (χ4v) is 4.11. The number of carbonyl (C=O) groups is 1. The molecule has 0 aliphatic heterocycles. The van der Waals surface area contributed by atoms with Crippen molar-refractivity contribution in [3.63, 3.8) is 0 Å². The topological polar surface area (TPSA) is 112 Å². The van der Waals surface area contributed by atoms with Gasteiger partial charge in [0.15, 0.2) is 0 Å². The normalized spacial score (nSPS) is 11.7. The summed E-state index contributed by atoms with van der Waals surface area (Å²) in [6.45, 7) is 0. The zero-order valence-corrected chi connectivity index (χ0v) is 17.8. The lowest BCUT2D eigenvalue weighted by Gasteiger charge is -2.11. The van der Waals surface area contributed by atoms with Crippen LogP contribution in [-0.2, 0) is 21.2 Å². The van der Waals surface area contributed by atoms with Crippen LogP contribution >= 0.6 is 11.6 Å². The highest BCUT2D eigenvalue weighted by atomic mass is 35.5. The molecule has 8 nitrogen and oxygen atoms in total. The van der Waals surface area contributed by atoms with E-state index in [1.165, 1.54) is 29.2 Å². The van der Waals surface area contributed by atoms with Crippen molar-refractivity contribution in [2.24, 2.45) is 4.40 Å². The largest absolute Gasteiger partial charge is 0.368 e. The Bertz CT molecular complexity index is 1300. The highest BCUT2D eigenvalue weighted by Crippen LogP contribution is 2.27. The van der Waals surface area contributed by atoms with Crippen molar-refractivity contribution in [3.05, 3.63) is 69.5 Å². The van der Waals surface area contributed by atoms with Gasteiger partial charge in [-0.3, -0.25) is 9.59 Å². The molecule has 1 heterocycles. The number of nitrogens with one attached hydrogen (secondary N) is 2. The molecule has 0 spiro atoms. The number of rotatable bonds is 6. The highest BCUT2D eigenvalue weighted by Gasteiger charge is 2.19. The number of carbonyl (C=O) groups excluding carboxylic acids is 1. The molecule has 0 unspecified atom stereocenters. The maximum absolute atomic E-state index is 12.8. The molecule has 1 aromatic heterocycles. The van der Waals surface area contributed by atoms with Gasteiger partial charge in [-0.15, -0.1) is 4.40 Å². The summed E-state index contributed by atoms with van der Waals surface area (Å²) in [5.41, 5.74) is 0.702. The molecule has 0 saturated heterocycles. The third-order valence-corrected chi connectivity index (χ3v) is 5.72. The Hall–Kier alpha value is -3.17. The molecule has 2 N–H and O–H groups in total. The van der Waals surface area contributed by atoms with Crippen LogP contribution in [0.3, 0.4) is 0 Å². The number of H-pyrrole nitrogens is 1. The summed E-state index contributed by atoms with van der Waals surface area (Å²) in [5, 5.41) is 3.40. The van der Waals surface area contributed by atoms with E-state index in [1.807, 2.05) is 0 Å². The van der Waals surface area contributed by atoms with Gasteiger partial charge in [-0.1, -0.05) is 29.8 Å². The number of fused-ring (bicyclic) bond motifs is 1. The minimum Gasteiger partial charge on any atom is -0.368 e. The number of aromatic amines is 1. The van der Waals surface area contributed by atoms with Crippen LogP contribution in [0.15, 0.2) is 62.6 Å². The Morgan fingerprint density at radius 3 is 2.63 bits per heavy atom. The van der Waals surface area contributed by atoms with Gasteiger partial charge in [0.1, 0.15) is 11.2 Å². The summed E-state index contributed by atoms with van der Waals surface area (Å²) in [5.74, 6) is -0.388. The van der Waals surface area contributed by atoms with Gasteiger partial charge >= 0.3 is 0 Å². The Labute approximate surface area is 178 Å². The van der Waals surface area contributed by atoms with E-state index in [0.29, 0.717) is 10.6 Å². The van der Waals surface area contributed by atoms with Gasteiger partial charge in [0.25, 0.3) is 10.0 Å². The number of halogens is 1. The molecule has 1 amide bonds. The lowest BCUT2D eigenvalue weighted by atomic mass is 10.1. The number of hydrogen-bond donors (Lipinski definition) is 2. The zero-order valence-electron chi connectivity index (χ0n) is 16.2. The lowest BCUT2D eigenvalue weighted by Crippen LogP contribution is -2.16. The summed E-state index contributed by atoms with van der Waals surface area (Å²) in [7, 11) is -0.808. The Kier molecular flexibility index (Phi) is 6.23. The van der Waals surface area contributed by atoms with Crippen LogP contribution in [0, 0.1) is 0 Å². The summed E-state index contributed by atoms with van der Waals surface area (Å²) < 4.78 is 29.2. The van der Waals surface area contributed by atoms with E-state index in [1.54, 1.807) is 38.4 Å². The van der Waals surface area contributed by atoms with E-state index in [4.69, 9.17) is 11.6 Å². The summed E-state index contributed by atoms with van der Waals surface area (Å²) in [4.78, 5) is 28.1. The predicted octanol–water partition coefficient (Wildman–Crippen LogP) is 2.64. The van der Waals surface area contributed by atoms with Crippen LogP contribution < -0.4 is 10.9 Å². The molecule has 3 aromatic rings. The van der Waals surface area contributed by atoms with Crippen molar-refractivity contribution in [2.45, 2.75) is 11.3 Å². The number of anilines is 1. The number of nitrogens with zero attached hydrogens (tertiary/aromatic N) is 2. The first-order chi connectivity index (χ1) is 14.2. The maximum Gasteiger partial charge on any atom is 0.284 e. The minimum atomic E-state index is -4.09.